The first-order valence-electron chi connectivity index (χ1n) is 7.65. The van der Waals surface area contributed by atoms with Crippen molar-refractivity contribution >= 4 is 21.6 Å². The van der Waals surface area contributed by atoms with Gasteiger partial charge in [-0.25, -0.2) is 8.42 Å². The SMILES string of the molecule is COc1ccc(S(=O)(=O)Nc2ccccc2C(=O)NCC(F)(F)F)cc1C. The van der Waals surface area contributed by atoms with Crippen LogP contribution in [0.3, 0.4) is 0 Å². The number of alkyl halides is 3. The summed E-state index contributed by atoms with van der Waals surface area (Å²) in [5.74, 6) is -0.544. The van der Waals surface area contributed by atoms with Crippen molar-refractivity contribution < 1.29 is 31.1 Å². The van der Waals surface area contributed by atoms with Gasteiger partial charge in [-0.1, -0.05) is 12.1 Å². The molecule has 0 bridgehead atoms. The molecule has 0 radical (unpaired) electrons. The summed E-state index contributed by atoms with van der Waals surface area (Å²) in [6.45, 7) is 0.140. The van der Waals surface area contributed by atoms with Crippen molar-refractivity contribution in [3.05, 3.63) is 53.6 Å². The molecule has 10 heteroatoms. The highest BCUT2D eigenvalue weighted by Gasteiger charge is 2.28. The van der Waals surface area contributed by atoms with Crippen molar-refractivity contribution in [1.82, 2.24) is 5.32 Å². The zero-order valence-electron chi connectivity index (χ0n) is 14.4. The van der Waals surface area contributed by atoms with E-state index in [0.717, 1.165) is 0 Å². The van der Waals surface area contributed by atoms with E-state index in [1.54, 1.807) is 12.2 Å². The Morgan fingerprint density at radius 3 is 2.41 bits per heavy atom. The summed E-state index contributed by atoms with van der Waals surface area (Å²) in [4.78, 5) is 11.9. The van der Waals surface area contributed by atoms with Crippen LogP contribution in [0.5, 0.6) is 5.75 Å². The molecular formula is C17H17F3N2O4S. The largest absolute Gasteiger partial charge is 0.496 e. The molecular weight excluding hydrogens is 385 g/mol. The second kappa shape index (κ2) is 7.87. The number of aryl methyl sites for hydroxylation is 1. The Bertz CT molecular complexity index is 943. The number of rotatable bonds is 6. The molecule has 0 fully saturated rings. The van der Waals surface area contributed by atoms with Crippen molar-refractivity contribution in [3.63, 3.8) is 0 Å². The standard InChI is InChI=1S/C17H17F3N2O4S/c1-11-9-12(7-8-15(11)26-2)27(24,25)22-14-6-4-3-5-13(14)16(23)21-10-17(18,19)20/h3-9,22H,10H2,1-2H3,(H,21,23). The van der Waals surface area contributed by atoms with E-state index in [-0.39, 0.29) is 16.1 Å². The van der Waals surface area contributed by atoms with Gasteiger partial charge in [-0.2, -0.15) is 13.2 Å². The summed E-state index contributed by atoms with van der Waals surface area (Å²) < 4.78 is 69.3. The van der Waals surface area contributed by atoms with Crippen LogP contribution in [0.15, 0.2) is 47.4 Å². The topological polar surface area (TPSA) is 84.5 Å². The fourth-order valence-corrected chi connectivity index (χ4v) is 3.43. The molecule has 0 atom stereocenters. The molecule has 1 amide bonds. The fourth-order valence-electron chi connectivity index (χ4n) is 2.27. The lowest BCUT2D eigenvalue weighted by molar-refractivity contribution is -0.123. The molecule has 2 aromatic rings. The zero-order valence-corrected chi connectivity index (χ0v) is 15.2. The van der Waals surface area contributed by atoms with E-state index in [1.807, 2.05) is 0 Å². The normalized spacial score (nSPS) is 11.7. The van der Waals surface area contributed by atoms with Crippen LogP contribution >= 0.6 is 0 Å². The van der Waals surface area contributed by atoms with Crippen LogP contribution in [0, 0.1) is 6.92 Å². The van der Waals surface area contributed by atoms with Gasteiger partial charge in [-0.3, -0.25) is 9.52 Å². The maximum atomic E-state index is 12.6. The number of nitrogens with one attached hydrogen (secondary N) is 2. The molecule has 6 nitrogen and oxygen atoms in total. The van der Waals surface area contributed by atoms with Crippen molar-refractivity contribution in [2.45, 2.75) is 18.0 Å². The smallest absolute Gasteiger partial charge is 0.405 e. The minimum atomic E-state index is -4.58. The minimum Gasteiger partial charge on any atom is -0.496 e. The van der Waals surface area contributed by atoms with E-state index in [1.165, 1.54) is 49.6 Å². The average molecular weight is 402 g/mol. The van der Waals surface area contributed by atoms with Gasteiger partial charge in [0.1, 0.15) is 12.3 Å². The lowest BCUT2D eigenvalue weighted by Crippen LogP contribution is -2.34. The molecule has 0 aliphatic carbocycles. The fraction of sp³-hybridized carbons (Fsp3) is 0.235. The third kappa shape index (κ3) is 5.36. The number of methoxy groups -OCH3 is 1. The molecule has 0 spiro atoms. The quantitative estimate of drug-likeness (QED) is 0.778. The first-order chi connectivity index (χ1) is 12.5. The van der Waals surface area contributed by atoms with Gasteiger partial charge in [0.25, 0.3) is 15.9 Å². The average Bonchev–Trinajstić information content (AvgIpc) is 2.59. The van der Waals surface area contributed by atoms with Crippen molar-refractivity contribution in [2.24, 2.45) is 0 Å². The van der Waals surface area contributed by atoms with Gasteiger partial charge < -0.3 is 10.1 Å². The Kier molecular flexibility index (Phi) is 5.99. The van der Waals surface area contributed by atoms with Crippen LogP contribution in [0.2, 0.25) is 0 Å². The number of hydrogen-bond donors (Lipinski definition) is 2. The van der Waals surface area contributed by atoms with Crippen LogP contribution in [-0.4, -0.2) is 34.2 Å². The summed E-state index contributed by atoms with van der Waals surface area (Å²) in [5, 5.41) is 1.71. The van der Waals surface area contributed by atoms with E-state index in [4.69, 9.17) is 4.74 Å². The molecule has 0 unspecified atom stereocenters. The molecule has 2 aromatic carbocycles. The maximum absolute atomic E-state index is 12.6. The lowest BCUT2D eigenvalue weighted by Gasteiger charge is -2.14. The monoisotopic (exact) mass is 402 g/mol. The first kappa shape index (κ1) is 20.6. The molecule has 2 rings (SSSR count). The Morgan fingerprint density at radius 2 is 1.81 bits per heavy atom. The van der Waals surface area contributed by atoms with E-state index < -0.39 is 28.7 Å². The second-order valence-electron chi connectivity index (χ2n) is 5.58. The number of hydrogen-bond acceptors (Lipinski definition) is 4. The number of halogens is 3. The number of carbonyl (C=O) groups is 1. The Morgan fingerprint density at radius 1 is 1.15 bits per heavy atom. The predicted molar refractivity (Wildman–Crippen MR) is 93.4 cm³/mol. The minimum absolute atomic E-state index is 0.0775. The number of anilines is 1. The van der Waals surface area contributed by atoms with Gasteiger partial charge in [0.2, 0.25) is 0 Å². The van der Waals surface area contributed by atoms with E-state index in [0.29, 0.717) is 11.3 Å². The van der Waals surface area contributed by atoms with Gasteiger partial charge in [0.05, 0.1) is 23.3 Å². The number of ether oxygens (including phenoxy) is 1. The van der Waals surface area contributed by atoms with Crippen molar-refractivity contribution in [1.29, 1.82) is 0 Å². The first-order valence-corrected chi connectivity index (χ1v) is 9.13. The molecule has 0 heterocycles. The maximum Gasteiger partial charge on any atom is 0.405 e. The van der Waals surface area contributed by atoms with Crippen LogP contribution in [-0.2, 0) is 10.0 Å². The molecule has 0 saturated carbocycles. The predicted octanol–water partition coefficient (Wildman–Crippen LogP) is 3.10. The van der Waals surface area contributed by atoms with Gasteiger partial charge >= 0.3 is 6.18 Å². The molecule has 0 aliphatic heterocycles. The molecule has 2 N–H and O–H groups in total. The molecule has 27 heavy (non-hydrogen) atoms. The number of carbonyl (C=O) groups excluding carboxylic acids is 1. The van der Waals surface area contributed by atoms with Crippen molar-refractivity contribution in [3.8, 4) is 5.75 Å². The van der Waals surface area contributed by atoms with E-state index >= 15 is 0 Å². The summed E-state index contributed by atoms with van der Waals surface area (Å²) in [7, 11) is -2.62. The van der Waals surface area contributed by atoms with Gasteiger partial charge in [-0.05, 0) is 42.8 Å². The highest BCUT2D eigenvalue weighted by atomic mass is 32.2. The summed E-state index contributed by atoms with van der Waals surface area (Å²) in [6, 6.07) is 9.56. The van der Waals surface area contributed by atoms with Gasteiger partial charge in [0.15, 0.2) is 0 Å². The summed E-state index contributed by atoms with van der Waals surface area (Å²) >= 11 is 0. The highest BCUT2D eigenvalue weighted by molar-refractivity contribution is 7.92. The van der Waals surface area contributed by atoms with Crippen LogP contribution < -0.4 is 14.8 Å². The molecule has 146 valence electrons. The number of benzene rings is 2. The van der Waals surface area contributed by atoms with Crippen LogP contribution in [0.25, 0.3) is 0 Å². The second-order valence-corrected chi connectivity index (χ2v) is 7.26. The third-order valence-corrected chi connectivity index (χ3v) is 4.91. The van der Waals surface area contributed by atoms with Crippen molar-refractivity contribution in [2.75, 3.05) is 18.4 Å². The van der Waals surface area contributed by atoms with E-state index in [9.17, 15) is 26.4 Å². The number of sulfonamides is 1. The Hall–Kier alpha value is -2.75. The lowest BCUT2D eigenvalue weighted by atomic mass is 10.1. The van der Waals surface area contributed by atoms with Crippen LogP contribution in [0.1, 0.15) is 15.9 Å². The Labute approximate surface area is 154 Å². The van der Waals surface area contributed by atoms with Crippen LogP contribution in [0.4, 0.5) is 18.9 Å². The summed E-state index contributed by atoms with van der Waals surface area (Å²) in [5.41, 5.74) is 0.220. The molecule has 0 saturated heterocycles. The summed E-state index contributed by atoms with van der Waals surface area (Å²) in [6.07, 6.45) is -4.58. The van der Waals surface area contributed by atoms with E-state index in [2.05, 4.69) is 4.72 Å². The number of para-hydroxylation sites is 1. The highest BCUT2D eigenvalue weighted by Crippen LogP contribution is 2.24. The van der Waals surface area contributed by atoms with Gasteiger partial charge in [0, 0.05) is 0 Å². The third-order valence-electron chi connectivity index (χ3n) is 3.54. The molecule has 0 aromatic heterocycles. The molecule has 0 aliphatic rings. The van der Waals surface area contributed by atoms with Gasteiger partial charge in [-0.15, -0.1) is 0 Å². The zero-order chi connectivity index (χ0) is 20.2. The number of amides is 1. The Balaban J connectivity index is 2.29.